The molecular weight excluding hydrogens is 332 g/mol. The molecule has 1 aromatic heterocycles. The Balaban J connectivity index is 1.69. The van der Waals surface area contributed by atoms with Gasteiger partial charge < -0.3 is 9.80 Å². The number of halogens is 3. The highest BCUT2D eigenvalue weighted by molar-refractivity contribution is 7.16. The Morgan fingerprint density at radius 3 is 2.43 bits per heavy atom. The topological polar surface area (TPSA) is 19.4 Å². The standard InChI is InChI=1S/C14H14Cl2FN3S/c15-9-12-13(16)18-14(21-12)20-7-5-19(6-8-20)11-4-2-1-3-10(11)17/h1-4H,5-9H2. The third-order valence-corrected chi connectivity index (χ3v) is 5.47. The summed E-state index contributed by atoms with van der Waals surface area (Å²) in [6, 6.07) is 6.88. The summed E-state index contributed by atoms with van der Waals surface area (Å²) >= 11 is 13.4. The van der Waals surface area contributed by atoms with E-state index in [1.54, 1.807) is 6.07 Å². The van der Waals surface area contributed by atoms with Crippen molar-refractivity contribution in [1.82, 2.24) is 4.98 Å². The summed E-state index contributed by atoms with van der Waals surface area (Å²) < 4.78 is 13.8. The molecule has 1 aromatic carbocycles. The minimum Gasteiger partial charge on any atom is -0.366 e. The van der Waals surface area contributed by atoms with Crippen molar-refractivity contribution < 1.29 is 4.39 Å². The van der Waals surface area contributed by atoms with Crippen LogP contribution in [0.5, 0.6) is 0 Å². The molecule has 0 spiro atoms. The predicted octanol–water partition coefficient (Wildman–Crippen LogP) is 4.00. The highest BCUT2D eigenvalue weighted by Crippen LogP contribution is 2.32. The molecule has 0 atom stereocenters. The third kappa shape index (κ3) is 3.10. The van der Waals surface area contributed by atoms with Gasteiger partial charge >= 0.3 is 0 Å². The lowest BCUT2D eigenvalue weighted by Crippen LogP contribution is -2.46. The van der Waals surface area contributed by atoms with Gasteiger partial charge in [0.2, 0.25) is 0 Å². The fraction of sp³-hybridized carbons (Fsp3) is 0.357. The van der Waals surface area contributed by atoms with Crippen molar-refractivity contribution in [2.24, 2.45) is 0 Å². The largest absolute Gasteiger partial charge is 0.366 e. The number of anilines is 2. The zero-order valence-corrected chi connectivity index (χ0v) is 13.6. The van der Waals surface area contributed by atoms with Crippen LogP contribution in [0.4, 0.5) is 15.2 Å². The Kier molecular flexibility index (Phi) is 4.52. The summed E-state index contributed by atoms with van der Waals surface area (Å²) in [5.74, 6) is 0.207. The van der Waals surface area contributed by atoms with E-state index >= 15 is 0 Å². The van der Waals surface area contributed by atoms with Crippen molar-refractivity contribution >= 4 is 45.4 Å². The Morgan fingerprint density at radius 2 is 1.81 bits per heavy atom. The molecule has 1 aliphatic rings. The molecule has 0 bridgehead atoms. The molecule has 0 saturated carbocycles. The van der Waals surface area contributed by atoms with Crippen molar-refractivity contribution in [3.63, 3.8) is 0 Å². The van der Waals surface area contributed by atoms with Crippen molar-refractivity contribution in [2.45, 2.75) is 5.88 Å². The van der Waals surface area contributed by atoms with Crippen molar-refractivity contribution in [1.29, 1.82) is 0 Å². The van der Waals surface area contributed by atoms with Crippen LogP contribution < -0.4 is 9.80 Å². The molecule has 0 aliphatic carbocycles. The van der Waals surface area contributed by atoms with E-state index in [-0.39, 0.29) is 5.82 Å². The lowest BCUT2D eigenvalue weighted by Gasteiger charge is -2.36. The van der Waals surface area contributed by atoms with Crippen LogP contribution >= 0.6 is 34.5 Å². The fourth-order valence-corrected chi connectivity index (χ4v) is 3.91. The van der Waals surface area contributed by atoms with Gasteiger partial charge in [0.25, 0.3) is 0 Å². The molecule has 3 rings (SSSR count). The Bertz CT molecular complexity index is 626. The summed E-state index contributed by atoms with van der Waals surface area (Å²) in [4.78, 5) is 9.48. The van der Waals surface area contributed by atoms with Gasteiger partial charge in [-0.3, -0.25) is 0 Å². The van der Waals surface area contributed by atoms with E-state index in [2.05, 4.69) is 14.8 Å². The number of para-hydroxylation sites is 1. The molecule has 1 saturated heterocycles. The monoisotopic (exact) mass is 345 g/mol. The average Bonchev–Trinajstić information content (AvgIpc) is 2.89. The number of hydrogen-bond donors (Lipinski definition) is 0. The number of rotatable bonds is 3. The van der Waals surface area contributed by atoms with Gasteiger partial charge in [-0.15, -0.1) is 11.6 Å². The number of aromatic nitrogens is 1. The molecular formula is C14H14Cl2FN3S. The number of piperazine rings is 1. The summed E-state index contributed by atoms with van der Waals surface area (Å²) in [6.07, 6.45) is 0. The van der Waals surface area contributed by atoms with Crippen LogP contribution in [0.15, 0.2) is 24.3 Å². The average molecular weight is 346 g/mol. The maximum Gasteiger partial charge on any atom is 0.187 e. The second-order valence-electron chi connectivity index (χ2n) is 4.77. The minimum atomic E-state index is -0.173. The molecule has 1 aliphatic heterocycles. The second-order valence-corrected chi connectivity index (χ2v) is 6.46. The first-order valence-electron chi connectivity index (χ1n) is 6.64. The third-order valence-electron chi connectivity index (χ3n) is 3.50. The van der Waals surface area contributed by atoms with E-state index in [1.807, 2.05) is 12.1 Å². The van der Waals surface area contributed by atoms with Crippen LogP contribution in [0, 0.1) is 5.82 Å². The molecule has 0 N–H and O–H groups in total. The van der Waals surface area contributed by atoms with Gasteiger partial charge in [-0.05, 0) is 12.1 Å². The van der Waals surface area contributed by atoms with E-state index in [4.69, 9.17) is 23.2 Å². The van der Waals surface area contributed by atoms with E-state index in [9.17, 15) is 4.39 Å². The number of benzene rings is 1. The molecule has 0 radical (unpaired) electrons. The molecule has 2 heterocycles. The maximum atomic E-state index is 13.8. The first-order valence-corrected chi connectivity index (χ1v) is 8.37. The number of hydrogen-bond acceptors (Lipinski definition) is 4. The van der Waals surface area contributed by atoms with Crippen LogP contribution in [-0.2, 0) is 5.88 Å². The Hall–Kier alpha value is -1.04. The molecule has 0 unspecified atom stereocenters. The van der Waals surface area contributed by atoms with Crippen LogP contribution in [0.2, 0.25) is 5.15 Å². The van der Waals surface area contributed by atoms with Gasteiger partial charge in [-0.1, -0.05) is 35.1 Å². The normalized spacial score (nSPS) is 15.6. The molecule has 3 nitrogen and oxygen atoms in total. The Morgan fingerprint density at radius 1 is 1.14 bits per heavy atom. The van der Waals surface area contributed by atoms with Crippen molar-refractivity contribution in [3.8, 4) is 0 Å². The number of alkyl halides is 1. The minimum absolute atomic E-state index is 0.173. The predicted molar refractivity (Wildman–Crippen MR) is 87.5 cm³/mol. The van der Waals surface area contributed by atoms with E-state index in [1.165, 1.54) is 17.4 Å². The molecule has 2 aromatic rings. The van der Waals surface area contributed by atoms with Gasteiger partial charge in [-0.25, -0.2) is 9.37 Å². The highest BCUT2D eigenvalue weighted by Gasteiger charge is 2.22. The van der Waals surface area contributed by atoms with Crippen LogP contribution in [0.1, 0.15) is 4.88 Å². The lowest BCUT2D eigenvalue weighted by molar-refractivity contribution is 0.597. The number of thiazole rings is 1. The van der Waals surface area contributed by atoms with Crippen molar-refractivity contribution in [3.05, 3.63) is 40.1 Å². The van der Waals surface area contributed by atoms with Gasteiger partial charge in [0.15, 0.2) is 5.13 Å². The van der Waals surface area contributed by atoms with Crippen LogP contribution in [0.3, 0.4) is 0 Å². The molecule has 112 valence electrons. The lowest BCUT2D eigenvalue weighted by atomic mass is 10.2. The van der Waals surface area contributed by atoms with Gasteiger partial charge in [0.1, 0.15) is 11.0 Å². The maximum absolute atomic E-state index is 13.8. The summed E-state index contributed by atoms with van der Waals surface area (Å²) in [6.45, 7) is 3.10. The smallest absolute Gasteiger partial charge is 0.187 e. The molecule has 21 heavy (non-hydrogen) atoms. The quantitative estimate of drug-likeness (QED) is 0.783. The summed E-state index contributed by atoms with van der Waals surface area (Å²) in [5.41, 5.74) is 0.663. The first kappa shape index (κ1) is 14.9. The second kappa shape index (κ2) is 6.38. The first-order chi connectivity index (χ1) is 10.2. The van der Waals surface area contributed by atoms with E-state index in [0.717, 1.165) is 36.2 Å². The molecule has 1 fully saturated rings. The zero-order chi connectivity index (χ0) is 14.8. The van der Waals surface area contributed by atoms with E-state index < -0.39 is 0 Å². The van der Waals surface area contributed by atoms with Gasteiger partial charge in [0, 0.05) is 26.2 Å². The van der Waals surface area contributed by atoms with Gasteiger partial charge in [-0.2, -0.15) is 0 Å². The summed E-state index contributed by atoms with van der Waals surface area (Å²) in [7, 11) is 0. The van der Waals surface area contributed by atoms with Crippen LogP contribution in [0.25, 0.3) is 0 Å². The van der Waals surface area contributed by atoms with Gasteiger partial charge in [0.05, 0.1) is 16.4 Å². The number of nitrogens with zero attached hydrogens (tertiary/aromatic N) is 3. The van der Waals surface area contributed by atoms with Crippen molar-refractivity contribution in [2.75, 3.05) is 36.0 Å². The molecule has 0 amide bonds. The highest BCUT2D eigenvalue weighted by atomic mass is 35.5. The molecule has 7 heteroatoms. The fourth-order valence-electron chi connectivity index (χ4n) is 2.39. The summed E-state index contributed by atoms with van der Waals surface area (Å²) in [5, 5.41) is 1.38. The van der Waals surface area contributed by atoms with Crippen LogP contribution in [-0.4, -0.2) is 31.2 Å². The zero-order valence-electron chi connectivity index (χ0n) is 11.2. The Labute approximate surface area is 136 Å². The van der Waals surface area contributed by atoms with E-state index in [0.29, 0.717) is 16.7 Å². The SMILES string of the molecule is Fc1ccccc1N1CCN(c2nc(Cl)c(CCl)s2)CC1.